The number of piperidine rings is 1. The molecule has 2 unspecified atom stereocenters. The lowest BCUT2D eigenvalue weighted by Crippen LogP contribution is -2.38. The molecule has 2 N–H and O–H groups in total. The molecule has 0 radical (unpaired) electrons. The molecule has 0 spiro atoms. The van der Waals surface area contributed by atoms with Crippen LogP contribution >= 0.6 is 0 Å². The van der Waals surface area contributed by atoms with Gasteiger partial charge in [-0.3, -0.25) is 9.59 Å². The highest BCUT2D eigenvalue weighted by Gasteiger charge is 2.35. The fourth-order valence-electron chi connectivity index (χ4n) is 5.68. The first-order chi connectivity index (χ1) is 23.4. The van der Waals surface area contributed by atoms with E-state index in [0.29, 0.717) is 47.6 Å². The SMILES string of the molecule is CCCCOc1ccc(OC(C)C(=O)NCC(C)c2nc3n(n2)N=C(C(C)(C)C)/C3=N/c2ccc(N3CCCCC3)cc2NC(C)=O)cc1. The van der Waals surface area contributed by atoms with Crippen molar-refractivity contribution in [2.24, 2.45) is 15.5 Å². The number of fused-ring (bicyclic) bond motifs is 1. The van der Waals surface area contributed by atoms with Gasteiger partial charge in [-0.05, 0) is 75.1 Å². The van der Waals surface area contributed by atoms with Crippen LogP contribution in [0.1, 0.15) is 98.1 Å². The smallest absolute Gasteiger partial charge is 0.260 e. The van der Waals surface area contributed by atoms with Crippen LogP contribution in [0.4, 0.5) is 17.1 Å². The average molecular weight is 671 g/mol. The third-order valence-electron chi connectivity index (χ3n) is 8.49. The summed E-state index contributed by atoms with van der Waals surface area (Å²) in [6.07, 6.45) is 4.92. The minimum Gasteiger partial charge on any atom is -0.494 e. The fraction of sp³-hybridized carbons (Fsp3) is 0.514. The first-order valence-corrected chi connectivity index (χ1v) is 17.4. The van der Waals surface area contributed by atoms with E-state index in [1.54, 1.807) is 19.1 Å². The van der Waals surface area contributed by atoms with Crippen LogP contribution in [0, 0.1) is 5.41 Å². The molecule has 3 heterocycles. The second-order valence-corrected chi connectivity index (χ2v) is 13.9. The second kappa shape index (κ2) is 15.7. The van der Waals surface area contributed by atoms with Crippen molar-refractivity contribution < 1.29 is 19.1 Å². The first-order valence-electron chi connectivity index (χ1n) is 17.4. The van der Waals surface area contributed by atoms with Gasteiger partial charge in [0.1, 0.15) is 17.2 Å². The first kappa shape index (κ1) is 35.6. The average Bonchev–Trinajstić information content (AvgIpc) is 3.65. The van der Waals surface area contributed by atoms with Gasteiger partial charge in [-0.1, -0.05) is 41.0 Å². The van der Waals surface area contributed by atoms with Crippen LogP contribution in [-0.4, -0.2) is 70.5 Å². The summed E-state index contributed by atoms with van der Waals surface area (Å²) >= 11 is 0. The minimum atomic E-state index is -0.698. The molecule has 5 rings (SSSR count). The molecule has 1 saturated heterocycles. The number of hydrogen-bond acceptors (Lipinski definition) is 9. The fourth-order valence-corrected chi connectivity index (χ4v) is 5.68. The number of nitrogens with zero attached hydrogens (tertiary/aromatic N) is 6. The summed E-state index contributed by atoms with van der Waals surface area (Å²) in [6.45, 7) is 16.5. The minimum absolute atomic E-state index is 0.167. The summed E-state index contributed by atoms with van der Waals surface area (Å²) in [5.74, 6) is 1.81. The highest BCUT2D eigenvalue weighted by atomic mass is 16.5. The zero-order valence-electron chi connectivity index (χ0n) is 29.9. The van der Waals surface area contributed by atoms with Gasteiger partial charge in [0.15, 0.2) is 11.9 Å². The van der Waals surface area contributed by atoms with Crippen LogP contribution in [0.15, 0.2) is 52.6 Å². The molecule has 1 aromatic heterocycles. The van der Waals surface area contributed by atoms with E-state index in [1.165, 1.54) is 18.1 Å². The van der Waals surface area contributed by atoms with Gasteiger partial charge in [0.2, 0.25) is 11.7 Å². The van der Waals surface area contributed by atoms with E-state index in [4.69, 9.17) is 24.6 Å². The number of carbonyl (C=O) groups is 2. The predicted molar refractivity (Wildman–Crippen MR) is 194 cm³/mol. The molecule has 1 fully saturated rings. The van der Waals surface area contributed by atoms with Crippen molar-refractivity contribution in [2.75, 3.05) is 36.5 Å². The lowest BCUT2D eigenvalue weighted by molar-refractivity contribution is -0.127. The molecule has 0 bridgehead atoms. The Morgan fingerprint density at radius 3 is 2.41 bits per heavy atom. The summed E-state index contributed by atoms with van der Waals surface area (Å²) in [5.41, 5.74) is 3.32. The summed E-state index contributed by atoms with van der Waals surface area (Å²) in [5, 5.41) is 15.4. The summed E-state index contributed by atoms with van der Waals surface area (Å²) in [4.78, 5) is 38.9. The van der Waals surface area contributed by atoms with Crippen molar-refractivity contribution in [3.8, 4) is 11.5 Å². The molecule has 0 aliphatic carbocycles. The van der Waals surface area contributed by atoms with Gasteiger partial charge in [-0.25, -0.2) is 9.98 Å². The normalized spacial score (nSPS) is 16.5. The largest absolute Gasteiger partial charge is 0.494 e. The Morgan fingerprint density at radius 1 is 1.02 bits per heavy atom. The Kier molecular flexibility index (Phi) is 11.4. The molecule has 2 aliphatic heterocycles. The Hall–Kier alpha value is -4.74. The molecule has 0 saturated carbocycles. The number of benzene rings is 2. The highest BCUT2D eigenvalue weighted by molar-refractivity contribution is 6.50. The van der Waals surface area contributed by atoms with Crippen molar-refractivity contribution in [1.29, 1.82) is 0 Å². The van der Waals surface area contributed by atoms with Crippen molar-refractivity contribution in [2.45, 2.75) is 92.6 Å². The molecule has 49 heavy (non-hydrogen) atoms. The molecule has 12 nitrogen and oxygen atoms in total. The topological polar surface area (TPSA) is 135 Å². The van der Waals surface area contributed by atoms with Gasteiger partial charge in [0.25, 0.3) is 5.91 Å². The molecule has 262 valence electrons. The van der Waals surface area contributed by atoms with Gasteiger partial charge in [0, 0.05) is 43.6 Å². The predicted octanol–water partition coefficient (Wildman–Crippen LogP) is 6.48. The molecule has 2 aliphatic rings. The summed E-state index contributed by atoms with van der Waals surface area (Å²) in [6, 6.07) is 13.3. The molecule has 2 atom stereocenters. The van der Waals surface area contributed by atoms with E-state index >= 15 is 0 Å². The number of carbonyl (C=O) groups excluding carboxylic acids is 2. The van der Waals surface area contributed by atoms with Crippen LogP contribution in [0.2, 0.25) is 0 Å². The Bertz CT molecular complexity index is 1680. The maximum absolute atomic E-state index is 12.9. The van der Waals surface area contributed by atoms with E-state index in [2.05, 4.69) is 54.4 Å². The molecular weight excluding hydrogens is 620 g/mol. The van der Waals surface area contributed by atoms with E-state index in [-0.39, 0.29) is 23.1 Å². The molecule has 2 amide bonds. The number of anilines is 2. The van der Waals surface area contributed by atoms with Crippen LogP contribution in [0.5, 0.6) is 11.5 Å². The Labute approximate surface area is 289 Å². The number of nitrogens with one attached hydrogen (secondary N) is 2. The van der Waals surface area contributed by atoms with Gasteiger partial charge in [-0.2, -0.15) is 5.10 Å². The molecular formula is C37H50N8O4. The number of ether oxygens (including phenoxy) is 2. The number of hydrogen-bond donors (Lipinski definition) is 2. The Balaban J connectivity index is 1.29. The van der Waals surface area contributed by atoms with E-state index < -0.39 is 6.10 Å². The molecule has 3 aromatic rings. The zero-order valence-corrected chi connectivity index (χ0v) is 29.9. The van der Waals surface area contributed by atoms with Crippen LogP contribution in [0.25, 0.3) is 0 Å². The highest BCUT2D eigenvalue weighted by Crippen LogP contribution is 2.34. The van der Waals surface area contributed by atoms with E-state index in [9.17, 15) is 9.59 Å². The summed E-state index contributed by atoms with van der Waals surface area (Å²) in [7, 11) is 0. The van der Waals surface area contributed by atoms with Gasteiger partial charge in [0.05, 0.1) is 23.7 Å². The van der Waals surface area contributed by atoms with Crippen LogP contribution < -0.4 is 25.0 Å². The Morgan fingerprint density at radius 2 is 1.73 bits per heavy atom. The monoisotopic (exact) mass is 670 g/mol. The van der Waals surface area contributed by atoms with Gasteiger partial charge < -0.3 is 25.0 Å². The zero-order chi connectivity index (χ0) is 35.1. The van der Waals surface area contributed by atoms with Crippen molar-refractivity contribution in [3.05, 3.63) is 54.1 Å². The summed E-state index contributed by atoms with van der Waals surface area (Å²) < 4.78 is 11.6. The standard InChI is InChI=1S/C37H50N8O4/c1-8-9-21-48-28-14-16-29(17-15-28)49-25(3)36(47)38-23-24(2)34-41-35-32(33(37(5,6)7)42-45(35)43-34)40-30-18-13-27(22-31(30)39-26(4)46)44-19-11-10-12-20-44/h13-18,22,24-25H,8-12,19-21,23H2,1-7H3,(H,38,47)(H,39,46)/b40-32-. The van der Waals surface area contributed by atoms with E-state index in [0.717, 1.165) is 55.9 Å². The van der Waals surface area contributed by atoms with Crippen LogP contribution in [0.3, 0.4) is 0 Å². The number of rotatable bonds is 13. The second-order valence-electron chi connectivity index (χ2n) is 13.9. The van der Waals surface area contributed by atoms with Gasteiger partial charge >= 0.3 is 0 Å². The number of aromatic nitrogens is 3. The van der Waals surface area contributed by atoms with Crippen molar-refractivity contribution in [3.63, 3.8) is 0 Å². The lowest BCUT2D eigenvalue weighted by atomic mass is 9.87. The lowest BCUT2D eigenvalue weighted by Gasteiger charge is -2.29. The van der Waals surface area contributed by atoms with Gasteiger partial charge in [-0.15, -0.1) is 9.89 Å². The third kappa shape index (κ3) is 9.04. The molecule has 2 aromatic carbocycles. The quantitative estimate of drug-likeness (QED) is 0.199. The number of aliphatic imine (C=N–C) groups is 1. The van der Waals surface area contributed by atoms with Crippen molar-refractivity contribution >= 4 is 40.3 Å². The maximum Gasteiger partial charge on any atom is 0.260 e. The van der Waals surface area contributed by atoms with Crippen molar-refractivity contribution in [1.82, 2.24) is 20.2 Å². The third-order valence-corrected chi connectivity index (χ3v) is 8.49. The van der Waals surface area contributed by atoms with Crippen LogP contribution in [-0.2, 0) is 9.59 Å². The number of unbranched alkanes of at least 4 members (excludes halogenated alkanes) is 1. The molecule has 12 heteroatoms. The number of amides is 2. The maximum atomic E-state index is 12.9. The van der Waals surface area contributed by atoms with E-state index in [1.807, 2.05) is 31.2 Å².